The fourth-order valence-corrected chi connectivity index (χ4v) is 6.00. The van der Waals surface area contributed by atoms with Gasteiger partial charge in [-0.05, 0) is 45.4 Å². The van der Waals surface area contributed by atoms with E-state index in [1.807, 2.05) is 13.8 Å². The molecule has 3 atom stereocenters. The van der Waals surface area contributed by atoms with E-state index in [2.05, 4.69) is 16.1 Å². The summed E-state index contributed by atoms with van der Waals surface area (Å²) in [7, 11) is 0. The summed E-state index contributed by atoms with van der Waals surface area (Å²) in [5.41, 5.74) is 2.01. The average molecular weight is 346 g/mol. The van der Waals surface area contributed by atoms with Crippen molar-refractivity contribution in [1.29, 1.82) is 0 Å². The van der Waals surface area contributed by atoms with Gasteiger partial charge in [0.15, 0.2) is 0 Å². The van der Waals surface area contributed by atoms with Crippen LogP contribution in [0.2, 0.25) is 0 Å². The number of hydrogen-bond donors (Lipinski definition) is 0. The Bertz CT molecular complexity index is 645. The van der Waals surface area contributed by atoms with Crippen molar-refractivity contribution in [3.63, 3.8) is 0 Å². The molecule has 0 bridgehead atoms. The highest BCUT2D eigenvalue weighted by atomic mass is 32.2. The molecule has 1 aliphatic carbocycles. The fraction of sp³-hybridized carbons (Fsp3) is 0.684. The Morgan fingerprint density at radius 2 is 2.04 bits per heavy atom. The molecule has 3 aliphatic rings. The molecule has 0 N–H and O–H groups in total. The van der Waals surface area contributed by atoms with E-state index in [1.165, 1.54) is 43.4 Å². The SMILES string of the molecule is Cc1noc(C)c1C1=CC(C(=O)N2CCCC3CCCCC32)CS1. The molecule has 130 valence electrons. The van der Waals surface area contributed by atoms with Gasteiger partial charge >= 0.3 is 0 Å². The number of likely N-dealkylation sites (tertiary alicyclic amines) is 1. The van der Waals surface area contributed by atoms with Gasteiger partial charge in [0.1, 0.15) is 5.76 Å². The number of aryl methyl sites for hydroxylation is 2. The quantitative estimate of drug-likeness (QED) is 0.806. The van der Waals surface area contributed by atoms with E-state index in [4.69, 9.17) is 4.52 Å². The van der Waals surface area contributed by atoms with Crippen LogP contribution in [0.15, 0.2) is 10.6 Å². The van der Waals surface area contributed by atoms with Crippen molar-refractivity contribution in [3.8, 4) is 0 Å². The first-order valence-electron chi connectivity index (χ1n) is 9.23. The van der Waals surface area contributed by atoms with Crippen LogP contribution in [0.5, 0.6) is 0 Å². The van der Waals surface area contributed by atoms with Crippen LogP contribution >= 0.6 is 11.8 Å². The molecule has 1 aromatic rings. The molecule has 3 heterocycles. The van der Waals surface area contributed by atoms with Gasteiger partial charge in [-0.25, -0.2) is 0 Å². The summed E-state index contributed by atoms with van der Waals surface area (Å²) >= 11 is 1.77. The number of nitrogens with zero attached hydrogens (tertiary/aromatic N) is 2. The van der Waals surface area contributed by atoms with Gasteiger partial charge in [-0.3, -0.25) is 4.79 Å². The molecule has 0 spiro atoms. The lowest BCUT2D eigenvalue weighted by Gasteiger charge is -2.44. The lowest BCUT2D eigenvalue weighted by molar-refractivity contribution is -0.139. The zero-order chi connectivity index (χ0) is 16.7. The molecule has 3 unspecified atom stereocenters. The van der Waals surface area contributed by atoms with Crippen LogP contribution in [-0.4, -0.2) is 34.3 Å². The number of piperidine rings is 1. The van der Waals surface area contributed by atoms with Crippen LogP contribution in [0, 0.1) is 25.7 Å². The predicted octanol–water partition coefficient (Wildman–Crippen LogP) is 4.18. The van der Waals surface area contributed by atoms with Crippen LogP contribution in [-0.2, 0) is 4.79 Å². The highest BCUT2D eigenvalue weighted by molar-refractivity contribution is 8.08. The number of fused-ring (bicyclic) bond motifs is 1. The Morgan fingerprint density at radius 1 is 1.25 bits per heavy atom. The molecule has 4 nitrogen and oxygen atoms in total. The van der Waals surface area contributed by atoms with E-state index >= 15 is 0 Å². The zero-order valence-corrected chi connectivity index (χ0v) is 15.4. The minimum absolute atomic E-state index is 0.0133. The van der Waals surface area contributed by atoms with E-state index < -0.39 is 0 Å². The van der Waals surface area contributed by atoms with E-state index in [0.29, 0.717) is 11.9 Å². The summed E-state index contributed by atoms with van der Waals surface area (Å²) in [4.78, 5) is 16.6. The molecule has 24 heavy (non-hydrogen) atoms. The third-order valence-corrected chi connectivity index (χ3v) is 7.07. The summed E-state index contributed by atoms with van der Waals surface area (Å²) in [6.45, 7) is 4.87. The van der Waals surface area contributed by atoms with Crippen LogP contribution < -0.4 is 0 Å². The normalized spacial score (nSPS) is 30.2. The minimum Gasteiger partial charge on any atom is -0.361 e. The van der Waals surface area contributed by atoms with E-state index in [9.17, 15) is 4.79 Å². The number of rotatable bonds is 2. The maximum Gasteiger partial charge on any atom is 0.230 e. The molecule has 0 aromatic carbocycles. The predicted molar refractivity (Wildman–Crippen MR) is 96.6 cm³/mol. The standard InChI is InChI=1S/C19H26N2O2S/c1-12-18(13(2)23-20-12)17-10-15(11-24-17)19(22)21-9-5-7-14-6-3-4-8-16(14)21/h10,14-16H,3-9,11H2,1-2H3. The van der Waals surface area contributed by atoms with Crippen LogP contribution in [0.25, 0.3) is 4.91 Å². The van der Waals surface area contributed by atoms with Crippen molar-refractivity contribution in [2.75, 3.05) is 12.3 Å². The van der Waals surface area contributed by atoms with Crippen molar-refractivity contribution in [1.82, 2.24) is 10.1 Å². The van der Waals surface area contributed by atoms with Crippen LogP contribution in [0.3, 0.4) is 0 Å². The van der Waals surface area contributed by atoms with Crippen LogP contribution in [0.4, 0.5) is 0 Å². The van der Waals surface area contributed by atoms with Crippen molar-refractivity contribution in [2.24, 2.45) is 11.8 Å². The van der Waals surface area contributed by atoms with Gasteiger partial charge in [0.05, 0.1) is 17.2 Å². The van der Waals surface area contributed by atoms with Crippen molar-refractivity contribution >= 4 is 22.6 Å². The van der Waals surface area contributed by atoms with Gasteiger partial charge < -0.3 is 9.42 Å². The topological polar surface area (TPSA) is 46.3 Å². The molecular weight excluding hydrogens is 320 g/mol. The van der Waals surface area contributed by atoms with Gasteiger partial charge in [-0.1, -0.05) is 24.1 Å². The molecule has 1 saturated heterocycles. The largest absolute Gasteiger partial charge is 0.361 e. The Morgan fingerprint density at radius 3 is 2.83 bits per heavy atom. The molecule has 2 aliphatic heterocycles. The Labute approximate surface area is 148 Å². The van der Waals surface area contributed by atoms with Gasteiger partial charge in [0, 0.05) is 23.2 Å². The van der Waals surface area contributed by atoms with Crippen LogP contribution in [0.1, 0.15) is 55.5 Å². The third kappa shape index (κ3) is 2.81. The number of carbonyl (C=O) groups is 1. The number of amides is 1. The summed E-state index contributed by atoms with van der Waals surface area (Å²) in [5, 5.41) is 4.05. The second-order valence-electron chi connectivity index (χ2n) is 7.43. The van der Waals surface area contributed by atoms with Crippen molar-refractivity contribution in [3.05, 3.63) is 23.1 Å². The Kier molecular flexibility index (Phi) is 4.46. The lowest BCUT2D eigenvalue weighted by Crippen LogP contribution is -2.51. The number of carbonyl (C=O) groups excluding carboxylic acids is 1. The average Bonchev–Trinajstić information content (AvgIpc) is 3.20. The van der Waals surface area contributed by atoms with Gasteiger partial charge in [0.2, 0.25) is 5.91 Å². The lowest BCUT2D eigenvalue weighted by atomic mass is 9.78. The molecule has 5 heteroatoms. The van der Waals surface area contributed by atoms with Crippen molar-refractivity contribution < 1.29 is 9.32 Å². The van der Waals surface area contributed by atoms with E-state index in [1.54, 1.807) is 11.8 Å². The summed E-state index contributed by atoms with van der Waals surface area (Å²) in [6.07, 6.45) is 9.79. The maximum atomic E-state index is 13.2. The Balaban J connectivity index is 1.53. The highest BCUT2D eigenvalue weighted by Crippen LogP contribution is 2.42. The molecular formula is C19H26N2O2S. The molecule has 0 radical (unpaired) electrons. The summed E-state index contributed by atoms with van der Waals surface area (Å²) in [5.74, 6) is 2.81. The number of hydrogen-bond acceptors (Lipinski definition) is 4. The van der Waals surface area contributed by atoms with Gasteiger partial charge in [-0.2, -0.15) is 0 Å². The summed E-state index contributed by atoms with van der Waals surface area (Å²) < 4.78 is 5.29. The first-order chi connectivity index (χ1) is 11.6. The van der Waals surface area contributed by atoms with E-state index in [0.717, 1.165) is 35.2 Å². The summed E-state index contributed by atoms with van der Waals surface area (Å²) in [6, 6.07) is 0.501. The molecule has 1 amide bonds. The molecule has 2 fully saturated rings. The zero-order valence-electron chi connectivity index (χ0n) is 14.6. The van der Waals surface area contributed by atoms with Crippen molar-refractivity contribution in [2.45, 2.75) is 58.4 Å². The van der Waals surface area contributed by atoms with E-state index in [-0.39, 0.29) is 5.92 Å². The van der Waals surface area contributed by atoms with Gasteiger partial charge in [-0.15, -0.1) is 11.8 Å². The molecule has 4 rings (SSSR count). The minimum atomic E-state index is 0.0133. The highest BCUT2D eigenvalue weighted by Gasteiger charge is 2.38. The second kappa shape index (κ2) is 6.58. The number of aromatic nitrogens is 1. The first-order valence-corrected chi connectivity index (χ1v) is 10.2. The molecule has 1 aromatic heterocycles. The second-order valence-corrected chi connectivity index (χ2v) is 8.50. The Hall–Kier alpha value is -1.23. The smallest absolute Gasteiger partial charge is 0.230 e. The van der Waals surface area contributed by atoms with Gasteiger partial charge in [0.25, 0.3) is 0 Å². The molecule has 1 saturated carbocycles. The monoisotopic (exact) mass is 346 g/mol. The fourth-order valence-electron chi connectivity index (χ4n) is 4.70. The number of thioether (sulfide) groups is 1. The maximum absolute atomic E-state index is 13.2. The first kappa shape index (κ1) is 16.2. The third-order valence-electron chi connectivity index (χ3n) is 5.89.